The number of carbonyl (C=O) groups is 1. The molecular weight excluding hydrogens is 352 g/mol. The number of benzene rings is 3. The summed E-state index contributed by atoms with van der Waals surface area (Å²) in [6.07, 6.45) is 0.968. The van der Waals surface area contributed by atoms with Crippen LogP contribution in [0, 0.1) is 0 Å². The largest absolute Gasteiger partial charge is 0.490 e. The standard InChI is InChI=1S/C23H24N2O3/c24-22-12-5-4-7-18(22)13-14-23(26)25-19-8-6-11-21(17-19)28-16-15-27-20-9-2-1-3-10-20/h1-12,17H,13-16,24H2,(H,25,26). The van der Waals surface area contributed by atoms with Gasteiger partial charge in [0.2, 0.25) is 5.91 Å². The van der Waals surface area contributed by atoms with E-state index in [2.05, 4.69) is 5.32 Å². The first kappa shape index (κ1) is 19.3. The lowest BCUT2D eigenvalue weighted by molar-refractivity contribution is -0.116. The number of nitrogens with one attached hydrogen (secondary N) is 1. The molecular formula is C23H24N2O3. The minimum Gasteiger partial charge on any atom is -0.490 e. The van der Waals surface area contributed by atoms with Gasteiger partial charge in [-0.05, 0) is 42.3 Å². The third-order valence-electron chi connectivity index (χ3n) is 4.16. The first-order valence-corrected chi connectivity index (χ1v) is 9.24. The lowest BCUT2D eigenvalue weighted by Crippen LogP contribution is -2.13. The van der Waals surface area contributed by atoms with Gasteiger partial charge in [-0.1, -0.05) is 42.5 Å². The van der Waals surface area contributed by atoms with Gasteiger partial charge in [0.25, 0.3) is 0 Å². The number of ether oxygens (including phenoxy) is 2. The van der Waals surface area contributed by atoms with Crippen LogP contribution in [0.1, 0.15) is 12.0 Å². The number of rotatable bonds is 9. The van der Waals surface area contributed by atoms with Crippen molar-refractivity contribution < 1.29 is 14.3 Å². The summed E-state index contributed by atoms with van der Waals surface area (Å²) in [5.41, 5.74) is 8.31. The number of hydrogen-bond donors (Lipinski definition) is 2. The van der Waals surface area contributed by atoms with Crippen LogP contribution in [0.5, 0.6) is 11.5 Å². The minimum atomic E-state index is -0.0622. The van der Waals surface area contributed by atoms with Crippen molar-refractivity contribution in [3.05, 3.63) is 84.4 Å². The molecule has 0 aliphatic heterocycles. The highest BCUT2D eigenvalue weighted by molar-refractivity contribution is 5.91. The van der Waals surface area contributed by atoms with Crippen LogP contribution in [-0.4, -0.2) is 19.1 Å². The molecule has 0 aliphatic carbocycles. The van der Waals surface area contributed by atoms with Gasteiger partial charge in [0.1, 0.15) is 24.7 Å². The zero-order valence-corrected chi connectivity index (χ0v) is 15.6. The Balaban J connectivity index is 1.43. The lowest BCUT2D eigenvalue weighted by Gasteiger charge is -2.10. The van der Waals surface area contributed by atoms with E-state index in [1.807, 2.05) is 72.8 Å². The van der Waals surface area contributed by atoms with Crippen molar-refractivity contribution in [1.29, 1.82) is 0 Å². The molecule has 0 atom stereocenters. The zero-order valence-electron chi connectivity index (χ0n) is 15.6. The molecule has 5 heteroatoms. The van der Waals surface area contributed by atoms with Crippen LogP contribution < -0.4 is 20.5 Å². The fraction of sp³-hybridized carbons (Fsp3) is 0.174. The van der Waals surface area contributed by atoms with Gasteiger partial charge in [-0.2, -0.15) is 0 Å². The quantitative estimate of drug-likeness (QED) is 0.431. The summed E-state index contributed by atoms with van der Waals surface area (Å²) in [7, 11) is 0. The van der Waals surface area contributed by atoms with Gasteiger partial charge in [-0.25, -0.2) is 0 Å². The molecule has 1 amide bonds. The van der Waals surface area contributed by atoms with Crippen molar-refractivity contribution >= 4 is 17.3 Å². The Labute approximate surface area is 165 Å². The van der Waals surface area contributed by atoms with Crippen LogP contribution in [-0.2, 0) is 11.2 Å². The number of amides is 1. The maximum Gasteiger partial charge on any atom is 0.224 e. The maximum atomic E-state index is 12.2. The molecule has 0 aromatic heterocycles. The second-order valence-corrected chi connectivity index (χ2v) is 6.28. The molecule has 0 saturated heterocycles. The van der Waals surface area contributed by atoms with Gasteiger partial charge in [0.15, 0.2) is 0 Å². The maximum absolute atomic E-state index is 12.2. The van der Waals surface area contributed by atoms with Crippen LogP contribution in [0.2, 0.25) is 0 Å². The average Bonchev–Trinajstić information content (AvgIpc) is 2.72. The Bertz CT molecular complexity index is 897. The first-order chi connectivity index (χ1) is 13.7. The van der Waals surface area contributed by atoms with E-state index in [1.165, 1.54) is 0 Å². The zero-order chi connectivity index (χ0) is 19.6. The second kappa shape index (κ2) is 10.0. The van der Waals surface area contributed by atoms with Crippen LogP contribution in [0.4, 0.5) is 11.4 Å². The molecule has 0 heterocycles. The predicted octanol–water partition coefficient (Wildman–Crippen LogP) is 4.30. The molecule has 0 bridgehead atoms. The third-order valence-corrected chi connectivity index (χ3v) is 4.16. The van der Waals surface area contributed by atoms with Crippen molar-refractivity contribution in [3.8, 4) is 11.5 Å². The fourth-order valence-electron chi connectivity index (χ4n) is 2.73. The Kier molecular flexibility index (Phi) is 6.90. The summed E-state index contributed by atoms with van der Waals surface area (Å²) in [5, 5.41) is 2.90. The average molecular weight is 376 g/mol. The van der Waals surface area contributed by atoms with E-state index in [9.17, 15) is 4.79 Å². The van der Waals surface area contributed by atoms with Crippen LogP contribution >= 0.6 is 0 Å². The van der Waals surface area contributed by atoms with E-state index in [-0.39, 0.29) is 5.91 Å². The number of aryl methyl sites for hydroxylation is 1. The Morgan fingerprint density at radius 3 is 2.29 bits per heavy atom. The van der Waals surface area contributed by atoms with Crippen molar-refractivity contribution in [2.75, 3.05) is 24.3 Å². The van der Waals surface area contributed by atoms with Crippen molar-refractivity contribution in [2.45, 2.75) is 12.8 Å². The molecule has 0 radical (unpaired) electrons. The predicted molar refractivity (Wildman–Crippen MR) is 112 cm³/mol. The first-order valence-electron chi connectivity index (χ1n) is 9.24. The van der Waals surface area contributed by atoms with Crippen LogP contribution in [0.25, 0.3) is 0 Å². The number of hydrogen-bond acceptors (Lipinski definition) is 4. The monoisotopic (exact) mass is 376 g/mol. The second-order valence-electron chi connectivity index (χ2n) is 6.28. The van der Waals surface area contributed by atoms with E-state index in [0.717, 1.165) is 11.3 Å². The third kappa shape index (κ3) is 6.06. The number of anilines is 2. The molecule has 0 spiro atoms. The van der Waals surface area contributed by atoms with Crippen molar-refractivity contribution in [3.63, 3.8) is 0 Å². The summed E-state index contributed by atoms with van der Waals surface area (Å²) < 4.78 is 11.3. The van der Waals surface area contributed by atoms with Crippen LogP contribution in [0.15, 0.2) is 78.9 Å². The number of para-hydroxylation sites is 2. The Hall–Kier alpha value is -3.47. The number of nitrogens with two attached hydrogens (primary N) is 1. The van der Waals surface area contributed by atoms with E-state index in [0.29, 0.717) is 43.2 Å². The molecule has 3 rings (SSSR count). The summed E-state index contributed by atoms with van der Waals surface area (Å²) >= 11 is 0. The Morgan fingerprint density at radius 2 is 1.50 bits per heavy atom. The lowest BCUT2D eigenvalue weighted by atomic mass is 10.1. The fourth-order valence-corrected chi connectivity index (χ4v) is 2.73. The highest BCUT2D eigenvalue weighted by Crippen LogP contribution is 2.18. The van der Waals surface area contributed by atoms with Gasteiger partial charge in [0.05, 0.1) is 0 Å². The molecule has 0 saturated carbocycles. The molecule has 144 valence electrons. The van der Waals surface area contributed by atoms with Gasteiger partial charge < -0.3 is 20.5 Å². The van der Waals surface area contributed by atoms with E-state index >= 15 is 0 Å². The summed E-state index contributed by atoms with van der Waals surface area (Å²) in [6.45, 7) is 0.860. The molecule has 3 N–H and O–H groups in total. The number of carbonyl (C=O) groups excluding carboxylic acids is 1. The molecule has 28 heavy (non-hydrogen) atoms. The molecule has 0 aliphatic rings. The summed E-state index contributed by atoms with van der Waals surface area (Å²) in [5.74, 6) is 1.43. The van der Waals surface area contributed by atoms with E-state index < -0.39 is 0 Å². The van der Waals surface area contributed by atoms with Crippen molar-refractivity contribution in [1.82, 2.24) is 0 Å². The smallest absolute Gasteiger partial charge is 0.224 e. The van der Waals surface area contributed by atoms with Crippen LogP contribution in [0.3, 0.4) is 0 Å². The highest BCUT2D eigenvalue weighted by atomic mass is 16.5. The molecule has 3 aromatic carbocycles. The minimum absolute atomic E-state index is 0.0622. The molecule has 0 unspecified atom stereocenters. The van der Waals surface area contributed by atoms with Gasteiger partial charge >= 0.3 is 0 Å². The van der Waals surface area contributed by atoms with E-state index in [1.54, 1.807) is 6.07 Å². The van der Waals surface area contributed by atoms with Gasteiger partial charge in [0, 0.05) is 23.9 Å². The Morgan fingerprint density at radius 1 is 0.821 bits per heavy atom. The molecule has 0 fully saturated rings. The van der Waals surface area contributed by atoms with Gasteiger partial charge in [-0.3, -0.25) is 4.79 Å². The number of nitrogen functional groups attached to an aromatic ring is 1. The highest BCUT2D eigenvalue weighted by Gasteiger charge is 2.06. The normalized spacial score (nSPS) is 10.3. The van der Waals surface area contributed by atoms with E-state index in [4.69, 9.17) is 15.2 Å². The molecule has 5 nitrogen and oxygen atoms in total. The van der Waals surface area contributed by atoms with Gasteiger partial charge in [-0.15, -0.1) is 0 Å². The van der Waals surface area contributed by atoms with Crippen molar-refractivity contribution in [2.24, 2.45) is 0 Å². The summed E-state index contributed by atoms with van der Waals surface area (Å²) in [4.78, 5) is 12.2. The SMILES string of the molecule is Nc1ccccc1CCC(=O)Nc1cccc(OCCOc2ccccc2)c1. The molecule has 3 aromatic rings. The summed E-state index contributed by atoms with van der Waals surface area (Å²) in [6, 6.07) is 24.5. The topological polar surface area (TPSA) is 73.6 Å².